The van der Waals surface area contributed by atoms with E-state index in [1.807, 2.05) is 0 Å². The van der Waals surface area contributed by atoms with E-state index in [1.54, 1.807) is 63.6 Å². The van der Waals surface area contributed by atoms with Crippen molar-refractivity contribution in [1.82, 2.24) is 0 Å². The van der Waals surface area contributed by atoms with Crippen molar-refractivity contribution in [3.05, 3.63) is 48.0 Å². The lowest BCUT2D eigenvalue weighted by Crippen LogP contribution is -2.31. The van der Waals surface area contributed by atoms with Crippen LogP contribution in [0, 0.1) is 0 Å². The van der Waals surface area contributed by atoms with Crippen LogP contribution in [0.1, 0.15) is 24.2 Å². The van der Waals surface area contributed by atoms with Gasteiger partial charge in [-0.2, -0.15) is 0 Å². The molecule has 0 aliphatic carbocycles. The topological polar surface area (TPSA) is 76.7 Å². The third-order valence-corrected chi connectivity index (χ3v) is 3.69. The van der Waals surface area contributed by atoms with Crippen molar-refractivity contribution in [2.45, 2.75) is 19.9 Å². The number of carbonyl (C=O) groups excluding carboxylic acids is 2. The molecular weight excluding hydrogens is 320 g/mol. The fourth-order valence-electron chi connectivity index (χ4n) is 2.25. The second-order valence-electron chi connectivity index (χ2n) is 5.59. The summed E-state index contributed by atoms with van der Waals surface area (Å²) in [7, 11) is 3.14. The number of ether oxygens (including phenoxy) is 2. The largest absolute Gasteiger partial charge is 0.497 e. The summed E-state index contributed by atoms with van der Waals surface area (Å²) in [6.07, 6.45) is 0. The maximum atomic E-state index is 12.3. The van der Waals surface area contributed by atoms with Gasteiger partial charge >= 0.3 is 0 Å². The van der Waals surface area contributed by atoms with Crippen LogP contribution in [-0.4, -0.2) is 32.0 Å². The van der Waals surface area contributed by atoms with E-state index in [0.29, 0.717) is 28.4 Å². The van der Waals surface area contributed by atoms with Crippen LogP contribution >= 0.6 is 0 Å². The average Bonchev–Trinajstić information content (AvgIpc) is 2.61. The molecule has 2 rings (SSSR count). The third-order valence-electron chi connectivity index (χ3n) is 3.69. The molecule has 6 heteroatoms. The molecule has 0 spiro atoms. The lowest BCUT2D eigenvalue weighted by molar-refractivity contribution is -0.116. The van der Waals surface area contributed by atoms with Gasteiger partial charge in [-0.25, -0.2) is 0 Å². The zero-order valence-electron chi connectivity index (χ0n) is 14.8. The maximum absolute atomic E-state index is 12.3. The van der Waals surface area contributed by atoms with E-state index in [1.165, 1.54) is 6.92 Å². The van der Waals surface area contributed by atoms with E-state index in [9.17, 15) is 9.59 Å². The van der Waals surface area contributed by atoms with Crippen molar-refractivity contribution in [1.29, 1.82) is 0 Å². The molecule has 0 heterocycles. The minimum atomic E-state index is -0.482. The predicted molar refractivity (Wildman–Crippen MR) is 97.7 cm³/mol. The maximum Gasteiger partial charge on any atom is 0.246 e. The van der Waals surface area contributed by atoms with Crippen LogP contribution in [0.15, 0.2) is 42.5 Å². The number of hydrogen-bond donors (Lipinski definition) is 2. The molecule has 0 aliphatic heterocycles. The first-order chi connectivity index (χ1) is 11.9. The zero-order valence-corrected chi connectivity index (χ0v) is 14.8. The number of methoxy groups -OCH3 is 2. The number of carbonyl (C=O) groups is 2. The molecule has 2 aromatic rings. The van der Waals surface area contributed by atoms with Gasteiger partial charge in [0.05, 0.1) is 14.2 Å². The zero-order chi connectivity index (χ0) is 18.4. The first-order valence-electron chi connectivity index (χ1n) is 7.84. The molecule has 1 amide bonds. The van der Waals surface area contributed by atoms with Crippen LogP contribution in [0.25, 0.3) is 0 Å². The second kappa shape index (κ2) is 8.19. The van der Waals surface area contributed by atoms with E-state index in [0.717, 1.165) is 0 Å². The van der Waals surface area contributed by atoms with Gasteiger partial charge in [-0.05, 0) is 38.1 Å². The summed E-state index contributed by atoms with van der Waals surface area (Å²) in [4.78, 5) is 23.6. The summed E-state index contributed by atoms with van der Waals surface area (Å²) in [5, 5.41) is 5.92. The number of ketones is 1. The first-order valence-corrected chi connectivity index (χ1v) is 7.84. The Morgan fingerprint density at radius 3 is 1.96 bits per heavy atom. The van der Waals surface area contributed by atoms with Gasteiger partial charge in [0.25, 0.3) is 0 Å². The van der Waals surface area contributed by atoms with Gasteiger partial charge in [0.2, 0.25) is 5.91 Å². The standard InChI is InChI=1S/C19H22N2O4/c1-12(20-16-9-17(24-3)11-18(10-16)25-4)19(23)21-15-7-5-14(6-8-15)13(2)22/h5-12,20H,1-4H3,(H,21,23). The Morgan fingerprint density at radius 2 is 1.48 bits per heavy atom. The molecule has 2 aromatic carbocycles. The van der Waals surface area contributed by atoms with Crippen molar-refractivity contribution >= 4 is 23.1 Å². The molecule has 0 aliphatic rings. The minimum Gasteiger partial charge on any atom is -0.497 e. The van der Waals surface area contributed by atoms with Gasteiger partial charge in [0.1, 0.15) is 17.5 Å². The molecule has 0 bridgehead atoms. The van der Waals surface area contributed by atoms with Gasteiger partial charge in [0, 0.05) is 35.1 Å². The number of Topliss-reactive ketones (excluding diaryl/α,β-unsaturated/α-hetero) is 1. The third kappa shape index (κ3) is 4.97. The van der Waals surface area contributed by atoms with E-state index < -0.39 is 6.04 Å². The van der Waals surface area contributed by atoms with Crippen molar-refractivity contribution in [3.63, 3.8) is 0 Å². The van der Waals surface area contributed by atoms with Gasteiger partial charge in [-0.15, -0.1) is 0 Å². The highest BCUT2D eigenvalue weighted by atomic mass is 16.5. The van der Waals surface area contributed by atoms with E-state index in [2.05, 4.69) is 10.6 Å². The SMILES string of the molecule is COc1cc(NC(C)C(=O)Nc2ccc(C(C)=O)cc2)cc(OC)c1. The minimum absolute atomic E-state index is 0.0140. The van der Waals surface area contributed by atoms with Crippen LogP contribution < -0.4 is 20.1 Å². The Morgan fingerprint density at radius 1 is 0.920 bits per heavy atom. The molecule has 0 aromatic heterocycles. The number of rotatable bonds is 7. The van der Waals surface area contributed by atoms with E-state index >= 15 is 0 Å². The fourth-order valence-corrected chi connectivity index (χ4v) is 2.25. The molecule has 6 nitrogen and oxygen atoms in total. The molecule has 1 atom stereocenters. The van der Waals surface area contributed by atoms with E-state index in [-0.39, 0.29) is 11.7 Å². The molecule has 0 radical (unpaired) electrons. The Bertz CT molecular complexity index is 734. The number of hydrogen-bond acceptors (Lipinski definition) is 5. The van der Waals surface area contributed by atoms with Crippen molar-refractivity contribution in [2.24, 2.45) is 0 Å². The molecule has 25 heavy (non-hydrogen) atoms. The number of anilines is 2. The normalized spacial score (nSPS) is 11.4. The lowest BCUT2D eigenvalue weighted by Gasteiger charge is -2.17. The van der Waals surface area contributed by atoms with Crippen LogP contribution in [0.5, 0.6) is 11.5 Å². The summed E-state index contributed by atoms with van der Waals surface area (Å²) < 4.78 is 10.4. The Hall–Kier alpha value is -3.02. The van der Waals surface area contributed by atoms with Gasteiger partial charge in [-0.1, -0.05) is 0 Å². The predicted octanol–water partition coefficient (Wildman–Crippen LogP) is 3.35. The first kappa shape index (κ1) is 18.3. The van der Waals surface area contributed by atoms with Crippen molar-refractivity contribution in [3.8, 4) is 11.5 Å². The quantitative estimate of drug-likeness (QED) is 0.755. The number of nitrogens with one attached hydrogen (secondary N) is 2. The van der Waals surface area contributed by atoms with Gasteiger partial charge < -0.3 is 20.1 Å². The summed E-state index contributed by atoms with van der Waals surface area (Å²) in [5.41, 5.74) is 1.95. The highest BCUT2D eigenvalue weighted by molar-refractivity contribution is 5.98. The highest BCUT2D eigenvalue weighted by Crippen LogP contribution is 2.26. The van der Waals surface area contributed by atoms with Crippen LogP contribution in [0.4, 0.5) is 11.4 Å². The molecule has 1 unspecified atom stereocenters. The average molecular weight is 342 g/mol. The van der Waals surface area contributed by atoms with Crippen LogP contribution in [-0.2, 0) is 4.79 Å². The monoisotopic (exact) mass is 342 g/mol. The molecule has 0 saturated carbocycles. The van der Waals surface area contributed by atoms with Crippen LogP contribution in [0.3, 0.4) is 0 Å². The van der Waals surface area contributed by atoms with E-state index in [4.69, 9.17) is 9.47 Å². The molecule has 0 saturated heterocycles. The molecular formula is C19H22N2O4. The Balaban J connectivity index is 2.03. The fraction of sp³-hybridized carbons (Fsp3) is 0.263. The summed E-state index contributed by atoms with van der Waals surface area (Å²) >= 11 is 0. The number of amides is 1. The summed E-state index contributed by atoms with van der Waals surface area (Å²) in [6, 6.07) is 11.6. The molecule has 132 valence electrons. The Kier molecular flexibility index (Phi) is 6.00. The highest BCUT2D eigenvalue weighted by Gasteiger charge is 2.14. The van der Waals surface area contributed by atoms with Crippen molar-refractivity contribution in [2.75, 3.05) is 24.9 Å². The molecule has 0 fully saturated rings. The lowest BCUT2D eigenvalue weighted by atomic mass is 10.1. The Labute approximate surface area is 147 Å². The summed E-state index contributed by atoms with van der Waals surface area (Å²) in [6.45, 7) is 3.26. The van der Waals surface area contributed by atoms with Crippen LogP contribution in [0.2, 0.25) is 0 Å². The smallest absolute Gasteiger partial charge is 0.246 e. The van der Waals surface area contributed by atoms with Crippen molar-refractivity contribution < 1.29 is 19.1 Å². The number of benzene rings is 2. The second-order valence-corrected chi connectivity index (χ2v) is 5.59. The molecule has 2 N–H and O–H groups in total. The van der Waals surface area contributed by atoms with Gasteiger partial charge in [-0.3, -0.25) is 9.59 Å². The van der Waals surface area contributed by atoms with Gasteiger partial charge in [0.15, 0.2) is 5.78 Å². The summed E-state index contributed by atoms with van der Waals surface area (Å²) in [5.74, 6) is 1.06.